The lowest BCUT2D eigenvalue weighted by atomic mass is 9.83. The Morgan fingerprint density at radius 1 is 1.09 bits per heavy atom. The van der Waals surface area contributed by atoms with Gasteiger partial charge >= 0.3 is 0 Å². The van der Waals surface area contributed by atoms with Crippen LogP contribution in [0.5, 0.6) is 0 Å². The summed E-state index contributed by atoms with van der Waals surface area (Å²) < 4.78 is 23.3. The summed E-state index contributed by atoms with van der Waals surface area (Å²) >= 11 is 12.7. The lowest BCUT2D eigenvalue weighted by Crippen LogP contribution is -2.49. The number of rotatable bonds is 4. The van der Waals surface area contributed by atoms with Gasteiger partial charge in [0.1, 0.15) is 10.8 Å². The molecule has 0 spiro atoms. The van der Waals surface area contributed by atoms with Crippen molar-refractivity contribution in [3.63, 3.8) is 0 Å². The van der Waals surface area contributed by atoms with Crippen LogP contribution >= 0.6 is 23.2 Å². The molecule has 0 N–H and O–H groups in total. The number of aromatic nitrogens is 4. The van der Waals surface area contributed by atoms with Crippen LogP contribution in [0, 0.1) is 17.8 Å². The number of fused-ring (bicyclic) bond motifs is 2. The minimum atomic E-state index is -0.617. The van der Waals surface area contributed by atoms with E-state index in [1.165, 1.54) is 31.9 Å². The maximum absolute atomic E-state index is 15.0. The topological polar surface area (TPSA) is 56.1 Å². The van der Waals surface area contributed by atoms with Gasteiger partial charge in [0.25, 0.3) is 0 Å². The quantitative estimate of drug-likeness (QED) is 0.368. The van der Waals surface area contributed by atoms with E-state index >= 15 is 0 Å². The molecule has 4 heterocycles. The number of halogens is 3. The van der Waals surface area contributed by atoms with Crippen molar-refractivity contribution in [2.24, 2.45) is 11.8 Å². The van der Waals surface area contributed by atoms with Gasteiger partial charge in [0.05, 0.1) is 40.4 Å². The Morgan fingerprint density at radius 3 is 2.74 bits per heavy atom. The molecule has 9 heteroatoms. The van der Waals surface area contributed by atoms with Crippen molar-refractivity contribution < 1.29 is 9.13 Å². The first-order chi connectivity index (χ1) is 17.0. The molecule has 3 fully saturated rings. The summed E-state index contributed by atoms with van der Waals surface area (Å²) in [5, 5.41) is 0.626. The van der Waals surface area contributed by atoms with E-state index in [-0.39, 0.29) is 16.8 Å². The third-order valence-corrected chi connectivity index (χ3v) is 8.45. The lowest BCUT2D eigenvalue weighted by molar-refractivity contribution is 0.0247. The fourth-order valence-electron chi connectivity index (χ4n) is 6.23. The van der Waals surface area contributed by atoms with Gasteiger partial charge < -0.3 is 14.2 Å². The number of nitrogens with zero attached hydrogens (tertiary/aromatic N) is 5. The van der Waals surface area contributed by atoms with Gasteiger partial charge in [-0.15, -0.1) is 0 Å². The second kappa shape index (κ2) is 9.49. The molecule has 3 aromatic rings. The van der Waals surface area contributed by atoms with E-state index in [4.69, 9.17) is 32.9 Å². The van der Waals surface area contributed by atoms with Crippen LogP contribution in [0.15, 0.2) is 18.3 Å². The zero-order valence-electron chi connectivity index (χ0n) is 19.9. The van der Waals surface area contributed by atoms with Crippen molar-refractivity contribution >= 4 is 40.2 Å². The molecule has 6 rings (SSSR count). The number of anilines is 1. The molecule has 2 aliphatic carbocycles. The SMILES string of the molecule is CC1CCC(Cn2c(N3CCO[C@@H]4CCC[C@H]43)nc3cc(Cl)nc(-c4cc(Cl)cnc4F)c32)CC1. The van der Waals surface area contributed by atoms with E-state index in [1.54, 1.807) is 12.1 Å². The van der Waals surface area contributed by atoms with E-state index in [0.717, 1.165) is 55.3 Å². The van der Waals surface area contributed by atoms with Gasteiger partial charge in [-0.05, 0) is 50.0 Å². The number of pyridine rings is 2. The summed E-state index contributed by atoms with van der Waals surface area (Å²) in [6, 6.07) is 3.66. The molecule has 186 valence electrons. The van der Waals surface area contributed by atoms with Crippen molar-refractivity contribution in [2.45, 2.75) is 70.6 Å². The predicted octanol–water partition coefficient (Wildman–Crippen LogP) is 6.52. The van der Waals surface area contributed by atoms with E-state index in [9.17, 15) is 4.39 Å². The molecule has 0 unspecified atom stereocenters. The summed E-state index contributed by atoms with van der Waals surface area (Å²) in [6.45, 7) is 4.63. The first-order valence-corrected chi connectivity index (χ1v) is 13.5. The second-order valence-corrected chi connectivity index (χ2v) is 11.2. The van der Waals surface area contributed by atoms with Crippen LogP contribution in [0.2, 0.25) is 10.2 Å². The fourth-order valence-corrected chi connectivity index (χ4v) is 6.57. The van der Waals surface area contributed by atoms with Crippen LogP contribution in [0.25, 0.3) is 22.3 Å². The number of hydrogen-bond donors (Lipinski definition) is 0. The number of ether oxygens (including phenoxy) is 1. The third-order valence-electron chi connectivity index (χ3n) is 8.05. The van der Waals surface area contributed by atoms with Crippen molar-refractivity contribution in [1.29, 1.82) is 0 Å². The number of hydrogen-bond acceptors (Lipinski definition) is 5. The Morgan fingerprint density at radius 2 is 1.91 bits per heavy atom. The van der Waals surface area contributed by atoms with Crippen LogP contribution < -0.4 is 4.90 Å². The fraction of sp³-hybridized carbons (Fsp3) is 0.577. The van der Waals surface area contributed by atoms with Crippen LogP contribution in [-0.4, -0.2) is 44.8 Å². The second-order valence-electron chi connectivity index (χ2n) is 10.4. The summed E-state index contributed by atoms with van der Waals surface area (Å²) in [5.74, 6) is 1.60. The van der Waals surface area contributed by atoms with Gasteiger partial charge in [-0.3, -0.25) is 0 Å². The van der Waals surface area contributed by atoms with Gasteiger partial charge in [-0.2, -0.15) is 4.39 Å². The number of morpholine rings is 1. The van der Waals surface area contributed by atoms with Crippen LogP contribution in [0.4, 0.5) is 10.3 Å². The molecule has 0 amide bonds. The highest BCUT2D eigenvalue weighted by molar-refractivity contribution is 6.31. The smallest absolute Gasteiger partial charge is 0.222 e. The average molecular weight is 518 g/mol. The molecule has 35 heavy (non-hydrogen) atoms. The highest BCUT2D eigenvalue weighted by Gasteiger charge is 2.39. The summed E-state index contributed by atoms with van der Waals surface area (Å²) in [6.07, 6.45) is 9.71. The molecule has 2 saturated carbocycles. The molecule has 3 aliphatic rings. The summed E-state index contributed by atoms with van der Waals surface area (Å²) in [5.41, 5.74) is 2.21. The largest absolute Gasteiger partial charge is 0.374 e. The molecule has 1 aliphatic heterocycles. The van der Waals surface area contributed by atoms with Gasteiger partial charge in [0, 0.05) is 25.4 Å². The van der Waals surface area contributed by atoms with Crippen LogP contribution in [0.1, 0.15) is 51.9 Å². The molecule has 0 radical (unpaired) electrons. The Hall–Kier alpha value is -1.96. The third kappa shape index (κ3) is 4.40. The van der Waals surface area contributed by atoms with E-state index in [1.807, 2.05) is 0 Å². The normalized spacial score (nSPS) is 26.9. The number of imidazole rings is 1. The van der Waals surface area contributed by atoms with Gasteiger partial charge in [0.15, 0.2) is 0 Å². The maximum atomic E-state index is 15.0. The molecule has 0 bridgehead atoms. The van der Waals surface area contributed by atoms with Crippen LogP contribution in [-0.2, 0) is 11.3 Å². The van der Waals surface area contributed by atoms with Gasteiger partial charge in [-0.1, -0.05) is 43.0 Å². The molecular formula is C26H30Cl2FN5O. The Labute approximate surface area is 214 Å². The summed E-state index contributed by atoms with van der Waals surface area (Å²) in [4.78, 5) is 16.0. The Kier molecular flexibility index (Phi) is 6.35. The predicted molar refractivity (Wildman–Crippen MR) is 137 cm³/mol. The maximum Gasteiger partial charge on any atom is 0.222 e. The van der Waals surface area contributed by atoms with E-state index < -0.39 is 5.95 Å². The Balaban J connectivity index is 1.53. The van der Waals surface area contributed by atoms with E-state index in [0.29, 0.717) is 29.3 Å². The molecule has 3 aromatic heterocycles. The minimum absolute atomic E-state index is 0.239. The highest BCUT2D eigenvalue weighted by Crippen LogP contribution is 2.40. The lowest BCUT2D eigenvalue weighted by Gasteiger charge is -2.39. The van der Waals surface area contributed by atoms with Gasteiger partial charge in [0.2, 0.25) is 11.9 Å². The van der Waals surface area contributed by atoms with Crippen molar-refractivity contribution in [3.05, 3.63) is 34.5 Å². The average Bonchev–Trinajstić information content (AvgIpc) is 3.46. The molecule has 2 atom stereocenters. The standard InChI is InChI=1S/C26H30Cl2FN5O/c1-15-5-7-16(8-6-15)14-34-24-19(31-26(34)33-9-10-35-21-4-2-3-20(21)33)12-22(28)32-23(24)18-11-17(27)13-30-25(18)29/h11-13,15-16,20-21H,2-10,14H2,1H3/t15?,16?,20-,21-/m1/s1. The monoisotopic (exact) mass is 517 g/mol. The minimum Gasteiger partial charge on any atom is -0.374 e. The molecule has 1 saturated heterocycles. The van der Waals surface area contributed by atoms with E-state index in [2.05, 4.69) is 26.4 Å². The van der Waals surface area contributed by atoms with Crippen molar-refractivity contribution in [2.75, 3.05) is 18.1 Å². The first kappa shape index (κ1) is 23.4. The van der Waals surface area contributed by atoms with Crippen molar-refractivity contribution in [3.8, 4) is 11.3 Å². The summed E-state index contributed by atoms with van der Waals surface area (Å²) in [7, 11) is 0. The van der Waals surface area contributed by atoms with Gasteiger partial charge in [-0.25, -0.2) is 15.0 Å². The van der Waals surface area contributed by atoms with Crippen LogP contribution in [0.3, 0.4) is 0 Å². The Bertz CT molecular complexity index is 1240. The molecule has 0 aromatic carbocycles. The zero-order valence-corrected chi connectivity index (χ0v) is 21.4. The molecular weight excluding hydrogens is 488 g/mol. The highest BCUT2D eigenvalue weighted by atomic mass is 35.5. The zero-order chi connectivity index (χ0) is 24.1. The molecule has 6 nitrogen and oxygen atoms in total. The first-order valence-electron chi connectivity index (χ1n) is 12.7. The van der Waals surface area contributed by atoms with Crippen molar-refractivity contribution in [1.82, 2.24) is 19.5 Å².